The molecule has 0 aromatic carbocycles. The van der Waals surface area contributed by atoms with E-state index in [1.54, 1.807) is 6.92 Å². The minimum absolute atomic E-state index is 0.130. The third-order valence-electron chi connectivity index (χ3n) is 3.79. The van der Waals surface area contributed by atoms with Crippen LogP contribution in [0.3, 0.4) is 0 Å². The normalized spacial score (nSPS) is 23.7. The molecule has 5 heteroatoms. The lowest BCUT2D eigenvalue weighted by Crippen LogP contribution is -2.53. The van der Waals surface area contributed by atoms with Crippen molar-refractivity contribution in [1.29, 1.82) is 0 Å². The quantitative estimate of drug-likeness (QED) is 0.423. The molecule has 0 aliphatic heterocycles. The van der Waals surface area contributed by atoms with Crippen LogP contribution in [0.25, 0.3) is 0 Å². The highest BCUT2D eigenvalue weighted by Gasteiger charge is 2.63. The van der Waals surface area contributed by atoms with E-state index >= 15 is 0 Å². The monoisotopic (exact) mass is 232 g/mol. The molecule has 2 N–H and O–H groups in total. The molecule has 0 saturated heterocycles. The van der Waals surface area contributed by atoms with E-state index in [1.807, 2.05) is 13.8 Å². The Morgan fingerprint density at radius 2 is 1.94 bits per heavy atom. The minimum Gasteiger partial charge on any atom is -0.469 e. The molecule has 0 spiro atoms. The van der Waals surface area contributed by atoms with Gasteiger partial charge in [-0.2, -0.15) is 0 Å². The van der Waals surface area contributed by atoms with Gasteiger partial charge < -0.3 is 9.84 Å². The number of rotatable bonds is 5. The van der Waals surface area contributed by atoms with Gasteiger partial charge in [-0.1, -0.05) is 13.8 Å². The van der Waals surface area contributed by atoms with E-state index < -0.39 is 23.1 Å². The topological polar surface area (TPSA) is 76.0 Å². The zero-order valence-corrected chi connectivity index (χ0v) is 10.2. The van der Waals surface area contributed by atoms with Crippen molar-refractivity contribution in [3.05, 3.63) is 0 Å². The zero-order chi connectivity index (χ0) is 12.6. The van der Waals surface area contributed by atoms with E-state index in [-0.39, 0.29) is 5.92 Å². The summed E-state index contributed by atoms with van der Waals surface area (Å²) in [6.07, 6.45) is 0.0522. The molecule has 2 unspecified atom stereocenters. The van der Waals surface area contributed by atoms with Crippen molar-refractivity contribution in [2.75, 3.05) is 7.11 Å². The lowest BCUT2D eigenvalue weighted by molar-refractivity contribution is -0.356. The van der Waals surface area contributed by atoms with Crippen molar-refractivity contribution in [3.63, 3.8) is 0 Å². The van der Waals surface area contributed by atoms with E-state index in [2.05, 4.69) is 9.62 Å². The van der Waals surface area contributed by atoms with Crippen LogP contribution >= 0.6 is 0 Å². The standard InChI is InChI=1S/C11H20O5/c1-7(2)10(3,16-14)8(12)11(5-6-11)9(13)15-4/h7-8,12,14H,5-6H2,1-4H3. The SMILES string of the molecule is COC(=O)C1(C(O)C(C)(OO)C(C)C)CC1. The summed E-state index contributed by atoms with van der Waals surface area (Å²) in [6.45, 7) is 5.21. The van der Waals surface area contributed by atoms with Gasteiger partial charge in [-0.05, 0) is 25.7 Å². The van der Waals surface area contributed by atoms with Crippen LogP contribution in [-0.4, -0.2) is 35.1 Å². The lowest BCUT2D eigenvalue weighted by Gasteiger charge is -2.38. The highest BCUT2D eigenvalue weighted by atomic mass is 17.1. The summed E-state index contributed by atoms with van der Waals surface area (Å²) >= 11 is 0. The van der Waals surface area contributed by atoms with Crippen molar-refractivity contribution in [3.8, 4) is 0 Å². The van der Waals surface area contributed by atoms with Gasteiger partial charge in [0.2, 0.25) is 0 Å². The summed E-state index contributed by atoms with van der Waals surface area (Å²) in [6, 6.07) is 0. The maximum absolute atomic E-state index is 11.6. The van der Waals surface area contributed by atoms with Gasteiger partial charge in [0.15, 0.2) is 0 Å². The van der Waals surface area contributed by atoms with Crippen LogP contribution < -0.4 is 0 Å². The molecule has 0 amide bonds. The van der Waals surface area contributed by atoms with E-state index in [4.69, 9.17) is 5.26 Å². The third-order valence-corrected chi connectivity index (χ3v) is 3.79. The van der Waals surface area contributed by atoms with Crippen LogP contribution in [0.15, 0.2) is 0 Å². The van der Waals surface area contributed by atoms with Crippen molar-refractivity contribution < 1.29 is 24.8 Å². The summed E-state index contributed by atoms with van der Waals surface area (Å²) in [5.74, 6) is -0.571. The number of methoxy groups -OCH3 is 1. The maximum atomic E-state index is 11.6. The lowest BCUT2D eigenvalue weighted by atomic mass is 9.78. The average Bonchev–Trinajstić information content (AvgIpc) is 3.06. The number of carbonyl (C=O) groups excluding carboxylic acids is 1. The van der Waals surface area contributed by atoms with E-state index in [1.165, 1.54) is 7.11 Å². The summed E-state index contributed by atoms with van der Waals surface area (Å²) in [5.41, 5.74) is -2.07. The molecule has 94 valence electrons. The molecule has 0 aromatic rings. The fourth-order valence-corrected chi connectivity index (χ4v) is 1.95. The van der Waals surface area contributed by atoms with Gasteiger partial charge in [0.25, 0.3) is 0 Å². The molecule has 0 aromatic heterocycles. The van der Waals surface area contributed by atoms with Gasteiger partial charge in [-0.25, -0.2) is 4.89 Å². The zero-order valence-electron chi connectivity index (χ0n) is 10.2. The maximum Gasteiger partial charge on any atom is 0.314 e. The second-order valence-corrected chi connectivity index (χ2v) is 4.98. The van der Waals surface area contributed by atoms with Crippen molar-refractivity contribution in [2.24, 2.45) is 11.3 Å². The Morgan fingerprint density at radius 3 is 2.19 bits per heavy atom. The number of hydrogen-bond donors (Lipinski definition) is 2. The predicted molar refractivity (Wildman–Crippen MR) is 56.6 cm³/mol. The molecular weight excluding hydrogens is 212 g/mol. The molecule has 1 aliphatic rings. The highest BCUT2D eigenvalue weighted by molar-refractivity contribution is 5.80. The van der Waals surface area contributed by atoms with Crippen LogP contribution in [-0.2, 0) is 14.4 Å². The van der Waals surface area contributed by atoms with Crippen LogP contribution in [0.5, 0.6) is 0 Å². The second kappa shape index (κ2) is 4.31. The number of ether oxygens (including phenoxy) is 1. The largest absolute Gasteiger partial charge is 0.469 e. The Kier molecular flexibility index (Phi) is 3.62. The number of hydrogen-bond acceptors (Lipinski definition) is 5. The fourth-order valence-electron chi connectivity index (χ4n) is 1.95. The predicted octanol–water partition coefficient (Wildman–Crippen LogP) is 1.20. The molecule has 16 heavy (non-hydrogen) atoms. The Labute approximate surface area is 95.3 Å². The molecular formula is C11H20O5. The Bertz CT molecular complexity index is 272. The molecule has 1 saturated carbocycles. The highest BCUT2D eigenvalue weighted by Crippen LogP contribution is 2.54. The summed E-state index contributed by atoms with van der Waals surface area (Å²) in [5, 5.41) is 19.2. The molecule has 0 bridgehead atoms. The first-order valence-electron chi connectivity index (χ1n) is 5.44. The number of carbonyl (C=O) groups is 1. The molecule has 1 aliphatic carbocycles. The van der Waals surface area contributed by atoms with Gasteiger partial charge in [-0.15, -0.1) is 0 Å². The summed E-state index contributed by atoms with van der Waals surface area (Å²) in [7, 11) is 1.29. The van der Waals surface area contributed by atoms with E-state index in [0.29, 0.717) is 12.8 Å². The smallest absolute Gasteiger partial charge is 0.314 e. The summed E-state index contributed by atoms with van der Waals surface area (Å²) < 4.78 is 4.68. The van der Waals surface area contributed by atoms with Crippen LogP contribution in [0.2, 0.25) is 0 Å². The first kappa shape index (κ1) is 13.4. The van der Waals surface area contributed by atoms with Crippen LogP contribution in [0.4, 0.5) is 0 Å². The number of aliphatic hydroxyl groups is 1. The second-order valence-electron chi connectivity index (χ2n) is 4.98. The van der Waals surface area contributed by atoms with Gasteiger partial charge in [-0.3, -0.25) is 10.1 Å². The van der Waals surface area contributed by atoms with Crippen molar-refractivity contribution in [1.82, 2.24) is 0 Å². The Morgan fingerprint density at radius 1 is 1.44 bits per heavy atom. The van der Waals surface area contributed by atoms with Crippen molar-refractivity contribution in [2.45, 2.75) is 45.3 Å². The Balaban J connectivity index is 2.92. The molecule has 0 heterocycles. The number of aliphatic hydroxyl groups excluding tert-OH is 1. The molecule has 1 rings (SSSR count). The number of esters is 1. The molecule has 1 fully saturated rings. The first-order chi connectivity index (χ1) is 7.35. The third kappa shape index (κ3) is 1.83. The Hall–Kier alpha value is -0.650. The van der Waals surface area contributed by atoms with Crippen LogP contribution in [0, 0.1) is 11.3 Å². The van der Waals surface area contributed by atoms with Gasteiger partial charge in [0, 0.05) is 0 Å². The molecule has 2 atom stereocenters. The summed E-state index contributed by atoms with van der Waals surface area (Å²) in [4.78, 5) is 16.0. The fraction of sp³-hybridized carbons (Fsp3) is 0.909. The minimum atomic E-state index is -1.16. The first-order valence-corrected chi connectivity index (χ1v) is 5.44. The van der Waals surface area contributed by atoms with Gasteiger partial charge in [0.1, 0.15) is 11.7 Å². The average molecular weight is 232 g/mol. The van der Waals surface area contributed by atoms with Crippen molar-refractivity contribution >= 4 is 5.97 Å². The van der Waals surface area contributed by atoms with E-state index in [9.17, 15) is 9.90 Å². The molecule has 0 radical (unpaired) electrons. The molecule has 5 nitrogen and oxygen atoms in total. The van der Waals surface area contributed by atoms with Gasteiger partial charge >= 0.3 is 5.97 Å². The van der Waals surface area contributed by atoms with E-state index in [0.717, 1.165) is 0 Å². The van der Waals surface area contributed by atoms with Gasteiger partial charge in [0.05, 0.1) is 12.5 Å². The van der Waals surface area contributed by atoms with Crippen LogP contribution in [0.1, 0.15) is 33.6 Å².